The Labute approximate surface area is 128 Å². The molecule has 2 rings (SSSR count). The first-order valence-electron chi connectivity index (χ1n) is 6.54. The Morgan fingerprint density at radius 2 is 2.10 bits per heavy atom. The smallest absolute Gasteiger partial charge is 0.263 e. The standard InChI is InChI=1S/C15H19ClN2OS/c1-15(2,3)7-8-18-14(19)13-12(17)11-9(16)5-4-6-10(11)20-13/h4-6H,7-8,17H2,1-3H3,(H,18,19). The topological polar surface area (TPSA) is 55.1 Å². The molecule has 0 fully saturated rings. The van der Waals surface area contributed by atoms with Crippen molar-refractivity contribution in [2.45, 2.75) is 27.2 Å². The average Bonchev–Trinajstić information content (AvgIpc) is 2.66. The van der Waals surface area contributed by atoms with Crippen LogP contribution in [0.15, 0.2) is 18.2 Å². The summed E-state index contributed by atoms with van der Waals surface area (Å²) < 4.78 is 0.941. The first-order chi connectivity index (χ1) is 9.29. The van der Waals surface area contributed by atoms with Crippen LogP contribution in [0.3, 0.4) is 0 Å². The number of rotatable bonds is 3. The lowest BCUT2D eigenvalue weighted by atomic mass is 9.92. The van der Waals surface area contributed by atoms with Gasteiger partial charge in [0.25, 0.3) is 5.91 Å². The van der Waals surface area contributed by atoms with Crippen molar-refractivity contribution in [3.05, 3.63) is 28.1 Å². The van der Waals surface area contributed by atoms with Crippen LogP contribution in [-0.4, -0.2) is 12.5 Å². The second-order valence-corrected chi connectivity index (χ2v) is 7.48. The van der Waals surface area contributed by atoms with E-state index in [2.05, 4.69) is 26.1 Å². The highest BCUT2D eigenvalue weighted by Gasteiger charge is 2.18. The van der Waals surface area contributed by atoms with E-state index in [9.17, 15) is 4.79 Å². The lowest BCUT2D eigenvalue weighted by molar-refractivity contribution is 0.0954. The maximum Gasteiger partial charge on any atom is 0.263 e. The fourth-order valence-corrected chi connectivity index (χ4v) is 3.33. The van der Waals surface area contributed by atoms with Gasteiger partial charge >= 0.3 is 0 Å². The van der Waals surface area contributed by atoms with Gasteiger partial charge in [-0.3, -0.25) is 4.79 Å². The van der Waals surface area contributed by atoms with Crippen molar-refractivity contribution in [3.8, 4) is 0 Å². The molecule has 3 N–H and O–H groups in total. The normalized spacial score (nSPS) is 11.8. The maximum absolute atomic E-state index is 12.2. The lowest BCUT2D eigenvalue weighted by Gasteiger charge is -2.17. The molecule has 0 aliphatic carbocycles. The van der Waals surface area contributed by atoms with Gasteiger partial charge in [0.05, 0.1) is 10.7 Å². The number of anilines is 1. The zero-order chi connectivity index (χ0) is 14.9. The molecule has 0 aliphatic heterocycles. The van der Waals surface area contributed by atoms with E-state index in [-0.39, 0.29) is 11.3 Å². The molecule has 0 bridgehead atoms. The maximum atomic E-state index is 12.2. The van der Waals surface area contributed by atoms with Gasteiger partial charge in [0.2, 0.25) is 0 Å². The number of benzene rings is 1. The Balaban J connectivity index is 2.19. The van der Waals surface area contributed by atoms with Crippen LogP contribution < -0.4 is 11.1 Å². The fourth-order valence-electron chi connectivity index (χ4n) is 1.93. The first kappa shape index (κ1) is 15.1. The van der Waals surface area contributed by atoms with E-state index in [0.29, 0.717) is 22.1 Å². The highest BCUT2D eigenvalue weighted by atomic mass is 35.5. The number of carbonyl (C=O) groups is 1. The molecule has 1 aromatic heterocycles. The Morgan fingerprint density at radius 1 is 1.40 bits per heavy atom. The number of hydrogen-bond donors (Lipinski definition) is 2. The predicted octanol–water partition coefficient (Wildman–Crippen LogP) is 4.30. The summed E-state index contributed by atoms with van der Waals surface area (Å²) in [5.41, 5.74) is 6.74. The van der Waals surface area contributed by atoms with Crippen molar-refractivity contribution < 1.29 is 4.79 Å². The van der Waals surface area contributed by atoms with Crippen molar-refractivity contribution in [3.63, 3.8) is 0 Å². The third kappa shape index (κ3) is 3.25. The van der Waals surface area contributed by atoms with Gasteiger partial charge in [-0.1, -0.05) is 38.4 Å². The van der Waals surface area contributed by atoms with Gasteiger partial charge in [0.15, 0.2) is 0 Å². The molecule has 3 nitrogen and oxygen atoms in total. The lowest BCUT2D eigenvalue weighted by Crippen LogP contribution is -2.27. The minimum atomic E-state index is -0.121. The molecular formula is C15H19ClN2OS. The molecule has 1 amide bonds. The zero-order valence-corrected chi connectivity index (χ0v) is 13.5. The van der Waals surface area contributed by atoms with E-state index >= 15 is 0 Å². The Bertz CT molecular complexity index is 643. The Morgan fingerprint density at radius 3 is 2.70 bits per heavy atom. The molecule has 108 valence electrons. The third-order valence-electron chi connectivity index (χ3n) is 3.07. The molecule has 0 aliphatic rings. The van der Waals surface area contributed by atoms with Crippen molar-refractivity contribution in [1.29, 1.82) is 0 Å². The molecule has 0 radical (unpaired) electrons. The Kier molecular flexibility index (Phi) is 4.25. The predicted molar refractivity (Wildman–Crippen MR) is 87.7 cm³/mol. The van der Waals surface area contributed by atoms with Gasteiger partial charge in [0, 0.05) is 16.6 Å². The number of nitrogens with two attached hydrogens (primary N) is 1. The summed E-state index contributed by atoms with van der Waals surface area (Å²) in [6, 6.07) is 5.57. The van der Waals surface area contributed by atoms with E-state index in [1.54, 1.807) is 6.07 Å². The van der Waals surface area contributed by atoms with Crippen LogP contribution in [0.2, 0.25) is 5.02 Å². The number of hydrogen-bond acceptors (Lipinski definition) is 3. The summed E-state index contributed by atoms with van der Waals surface area (Å²) in [4.78, 5) is 12.8. The molecule has 5 heteroatoms. The number of amides is 1. The van der Waals surface area contributed by atoms with Crippen LogP contribution in [0.1, 0.15) is 36.9 Å². The van der Waals surface area contributed by atoms with E-state index in [1.165, 1.54) is 11.3 Å². The minimum Gasteiger partial charge on any atom is -0.397 e. The molecule has 0 saturated heterocycles. The zero-order valence-electron chi connectivity index (χ0n) is 11.9. The summed E-state index contributed by atoms with van der Waals surface area (Å²) >= 11 is 7.52. The summed E-state index contributed by atoms with van der Waals surface area (Å²) in [5, 5.41) is 4.29. The molecule has 0 spiro atoms. The molecule has 0 atom stereocenters. The van der Waals surface area contributed by atoms with Crippen molar-refractivity contribution in [2.75, 3.05) is 12.3 Å². The molecular weight excluding hydrogens is 292 g/mol. The van der Waals surface area contributed by atoms with Gasteiger partial charge in [-0.2, -0.15) is 0 Å². The fraction of sp³-hybridized carbons (Fsp3) is 0.400. The van der Waals surface area contributed by atoms with Crippen LogP contribution in [0.4, 0.5) is 5.69 Å². The number of carbonyl (C=O) groups excluding carboxylic acids is 1. The number of halogens is 1. The van der Waals surface area contributed by atoms with Crippen molar-refractivity contribution >= 4 is 44.6 Å². The molecule has 20 heavy (non-hydrogen) atoms. The van der Waals surface area contributed by atoms with Crippen LogP contribution in [-0.2, 0) is 0 Å². The van der Waals surface area contributed by atoms with E-state index in [0.717, 1.165) is 16.5 Å². The van der Waals surface area contributed by atoms with Crippen LogP contribution in [0.5, 0.6) is 0 Å². The second kappa shape index (κ2) is 5.62. The molecule has 0 unspecified atom stereocenters. The number of nitrogen functional groups attached to an aromatic ring is 1. The van der Waals surface area contributed by atoms with Gasteiger partial charge in [0.1, 0.15) is 4.88 Å². The average molecular weight is 311 g/mol. The number of nitrogens with one attached hydrogen (secondary N) is 1. The molecule has 1 heterocycles. The quantitative estimate of drug-likeness (QED) is 0.888. The molecule has 1 aromatic carbocycles. The van der Waals surface area contributed by atoms with Crippen LogP contribution in [0.25, 0.3) is 10.1 Å². The van der Waals surface area contributed by atoms with Crippen LogP contribution in [0, 0.1) is 5.41 Å². The number of thiophene rings is 1. The summed E-state index contributed by atoms with van der Waals surface area (Å²) in [6.45, 7) is 7.08. The first-order valence-corrected chi connectivity index (χ1v) is 7.74. The largest absolute Gasteiger partial charge is 0.397 e. The van der Waals surface area contributed by atoms with E-state index < -0.39 is 0 Å². The van der Waals surface area contributed by atoms with Gasteiger partial charge in [-0.25, -0.2) is 0 Å². The summed E-state index contributed by atoms with van der Waals surface area (Å²) in [7, 11) is 0. The van der Waals surface area contributed by atoms with Gasteiger partial charge < -0.3 is 11.1 Å². The second-order valence-electron chi connectivity index (χ2n) is 6.02. The monoisotopic (exact) mass is 310 g/mol. The molecule has 2 aromatic rings. The van der Waals surface area contributed by atoms with Crippen molar-refractivity contribution in [1.82, 2.24) is 5.32 Å². The van der Waals surface area contributed by atoms with Gasteiger partial charge in [-0.15, -0.1) is 11.3 Å². The SMILES string of the molecule is CC(C)(C)CCNC(=O)c1sc2cccc(Cl)c2c1N. The van der Waals surface area contributed by atoms with Gasteiger partial charge in [-0.05, 0) is 24.0 Å². The third-order valence-corrected chi connectivity index (χ3v) is 4.55. The van der Waals surface area contributed by atoms with Crippen LogP contribution >= 0.6 is 22.9 Å². The summed E-state index contributed by atoms with van der Waals surface area (Å²) in [5.74, 6) is -0.121. The molecule has 0 saturated carbocycles. The highest BCUT2D eigenvalue weighted by Crippen LogP contribution is 2.37. The van der Waals surface area contributed by atoms with E-state index in [1.807, 2.05) is 12.1 Å². The Hall–Kier alpha value is -1.26. The van der Waals surface area contributed by atoms with E-state index in [4.69, 9.17) is 17.3 Å². The minimum absolute atomic E-state index is 0.121. The van der Waals surface area contributed by atoms with Crippen molar-refractivity contribution in [2.24, 2.45) is 5.41 Å². The highest BCUT2D eigenvalue weighted by molar-refractivity contribution is 7.21. The number of fused-ring (bicyclic) bond motifs is 1. The summed E-state index contributed by atoms with van der Waals surface area (Å²) in [6.07, 6.45) is 0.921.